The molecule has 0 aromatic carbocycles. The molecule has 2 aliphatic carbocycles. The summed E-state index contributed by atoms with van der Waals surface area (Å²) in [7, 11) is 0. The molecule has 1 aromatic heterocycles. The number of hydrogen-bond acceptors (Lipinski definition) is 1. The maximum Gasteiger partial charge on any atom is 0.100 e. The molecule has 0 radical (unpaired) electrons. The van der Waals surface area contributed by atoms with Crippen LogP contribution in [0.2, 0.25) is 0 Å². The first-order valence-corrected chi connectivity index (χ1v) is 10.3. The standard InChI is InChI=1S/C22H33F2N/c1-2-12-22(13-10-19(24)11-14-22)21(16-20-5-3-4-15-25-20)17-6-8-18(23)9-7-17/h3-5,15,17-19,21H,2,6-14,16H2,1H3. The van der Waals surface area contributed by atoms with Crippen molar-refractivity contribution in [3.63, 3.8) is 0 Å². The van der Waals surface area contributed by atoms with Crippen molar-refractivity contribution < 1.29 is 8.78 Å². The van der Waals surface area contributed by atoms with Gasteiger partial charge in [0.1, 0.15) is 12.3 Å². The van der Waals surface area contributed by atoms with Gasteiger partial charge in [0.15, 0.2) is 0 Å². The molecule has 0 spiro atoms. The minimum Gasteiger partial charge on any atom is -0.261 e. The fourth-order valence-corrected chi connectivity index (χ4v) is 5.57. The van der Waals surface area contributed by atoms with Crippen molar-refractivity contribution in [2.24, 2.45) is 17.3 Å². The van der Waals surface area contributed by atoms with Gasteiger partial charge in [-0.05, 0) is 93.6 Å². The van der Waals surface area contributed by atoms with Crippen LogP contribution < -0.4 is 0 Å². The average molecular weight is 350 g/mol. The van der Waals surface area contributed by atoms with Crippen molar-refractivity contribution in [1.29, 1.82) is 0 Å². The van der Waals surface area contributed by atoms with Gasteiger partial charge in [0.05, 0.1) is 0 Å². The highest BCUT2D eigenvalue weighted by molar-refractivity contribution is 5.07. The number of nitrogens with zero attached hydrogens (tertiary/aromatic N) is 1. The fourth-order valence-electron chi connectivity index (χ4n) is 5.57. The maximum absolute atomic E-state index is 13.9. The van der Waals surface area contributed by atoms with E-state index in [9.17, 15) is 8.78 Å². The molecule has 2 fully saturated rings. The first-order chi connectivity index (χ1) is 12.1. The summed E-state index contributed by atoms with van der Waals surface area (Å²) in [6, 6.07) is 6.14. The molecule has 140 valence electrons. The summed E-state index contributed by atoms with van der Waals surface area (Å²) in [6.45, 7) is 2.25. The van der Waals surface area contributed by atoms with Gasteiger partial charge in [-0.15, -0.1) is 0 Å². The molecule has 1 unspecified atom stereocenters. The molecule has 25 heavy (non-hydrogen) atoms. The van der Waals surface area contributed by atoms with Crippen LogP contribution in [0.15, 0.2) is 24.4 Å². The lowest BCUT2D eigenvalue weighted by atomic mass is 9.56. The molecule has 2 aliphatic rings. The predicted molar refractivity (Wildman–Crippen MR) is 99.0 cm³/mol. The molecule has 3 heteroatoms. The van der Waals surface area contributed by atoms with Crippen LogP contribution in [-0.4, -0.2) is 17.3 Å². The second kappa shape index (κ2) is 8.60. The summed E-state index contributed by atoms with van der Waals surface area (Å²) < 4.78 is 27.6. The van der Waals surface area contributed by atoms with E-state index in [4.69, 9.17) is 0 Å². The zero-order chi connectivity index (χ0) is 17.7. The van der Waals surface area contributed by atoms with E-state index in [1.807, 2.05) is 12.3 Å². The summed E-state index contributed by atoms with van der Waals surface area (Å²) in [6.07, 6.45) is 10.7. The predicted octanol–water partition coefficient (Wildman–Crippen LogP) is 6.47. The quantitative estimate of drug-likeness (QED) is 0.574. The fraction of sp³-hybridized carbons (Fsp3) is 0.773. The summed E-state index contributed by atoms with van der Waals surface area (Å²) in [5, 5.41) is 0. The first kappa shape index (κ1) is 18.8. The molecule has 3 rings (SSSR count). The zero-order valence-corrected chi connectivity index (χ0v) is 15.6. The molecule has 0 N–H and O–H groups in total. The number of hydrogen-bond donors (Lipinski definition) is 0. The maximum atomic E-state index is 13.9. The van der Waals surface area contributed by atoms with Gasteiger partial charge in [-0.25, -0.2) is 8.78 Å². The van der Waals surface area contributed by atoms with E-state index < -0.39 is 12.3 Å². The van der Waals surface area contributed by atoms with Crippen molar-refractivity contribution in [2.45, 2.75) is 89.9 Å². The number of alkyl halides is 2. The minimum atomic E-state index is -0.623. The van der Waals surface area contributed by atoms with Crippen molar-refractivity contribution in [2.75, 3.05) is 0 Å². The molecule has 1 heterocycles. The Morgan fingerprint density at radius 3 is 2.32 bits per heavy atom. The van der Waals surface area contributed by atoms with Crippen LogP contribution in [0.5, 0.6) is 0 Å². The lowest BCUT2D eigenvalue weighted by Gasteiger charge is -2.49. The van der Waals surface area contributed by atoms with Crippen LogP contribution in [0, 0.1) is 17.3 Å². The number of aromatic nitrogens is 1. The molecule has 2 saturated carbocycles. The third-order valence-corrected chi connectivity index (χ3v) is 6.87. The van der Waals surface area contributed by atoms with E-state index in [-0.39, 0.29) is 5.41 Å². The molecule has 0 amide bonds. The average Bonchev–Trinajstić information content (AvgIpc) is 2.64. The molecule has 0 aliphatic heterocycles. The highest BCUT2D eigenvalue weighted by Crippen LogP contribution is 2.53. The Kier molecular flexibility index (Phi) is 6.46. The largest absolute Gasteiger partial charge is 0.261 e. The summed E-state index contributed by atoms with van der Waals surface area (Å²) in [5.74, 6) is 1.08. The van der Waals surface area contributed by atoms with E-state index in [2.05, 4.69) is 24.0 Å². The van der Waals surface area contributed by atoms with Crippen molar-refractivity contribution in [3.05, 3.63) is 30.1 Å². The molecular formula is C22H33F2N. The molecule has 1 nitrogen and oxygen atoms in total. The second-order valence-electron chi connectivity index (χ2n) is 8.43. The monoisotopic (exact) mass is 349 g/mol. The number of halogens is 2. The number of rotatable bonds is 6. The van der Waals surface area contributed by atoms with Crippen LogP contribution in [0.3, 0.4) is 0 Å². The first-order valence-electron chi connectivity index (χ1n) is 10.3. The Hall–Kier alpha value is -0.990. The summed E-state index contributed by atoms with van der Waals surface area (Å²) in [4.78, 5) is 4.58. The molecule has 1 atom stereocenters. The Bertz CT molecular complexity index is 502. The van der Waals surface area contributed by atoms with Gasteiger partial charge in [-0.1, -0.05) is 19.4 Å². The lowest BCUT2D eigenvalue weighted by molar-refractivity contribution is 0.000845. The van der Waals surface area contributed by atoms with Gasteiger partial charge >= 0.3 is 0 Å². The van der Waals surface area contributed by atoms with Gasteiger partial charge in [0.25, 0.3) is 0 Å². The van der Waals surface area contributed by atoms with E-state index in [0.29, 0.717) is 37.5 Å². The SMILES string of the molecule is CCCC1(C(Cc2ccccn2)C2CCC(F)CC2)CCC(F)CC1. The Morgan fingerprint density at radius 1 is 1.04 bits per heavy atom. The Morgan fingerprint density at radius 2 is 1.72 bits per heavy atom. The van der Waals surface area contributed by atoms with Gasteiger partial charge in [0.2, 0.25) is 0 Å². The Balaban J connectivity index is 1.85. The molecule has 1 aromatic rings. The van der Waals surface area contributed by atoms with Gasteiger partial charge in [-0.2, -0.15) is 0 Å². The molecule has 0 saturated heterocycles. The van der Waals surface area contributed by atoms with Crippen molar-refractivity contribution >= 4 is 0 Å². The van der Waals surface area contributed by atoms with E-state index >= 15 is 0 Å². The normalized spacial score (nSPS) is 34.6. The number of pyridine rings is 1. The summed E-state index contributed by atoms with van der Waals surface area (Å²) >= 11 is 0. The topological polar surface area (TPSA) is 12.9 Å². The van der Waals surface area contributed by atoms with Gasteiger partial charge in [0, 0.05) is 11.9 Å². The third-order valence-electron chi connectivity index (χ3n) is 6.87. The van der Waals surface area contributed by atoms with Crippen LogP contribution in [-0.2, 0) is 6.42 Å². The highest BCUT2D eigenvalue weighted by Gasteiger charge is 2.45. The van der Waals surface area contributed by atoms with Crippen LogP contribution in [0.4, 0.5) is 8.78 Å². The highest BCUT2D eigenvalue weighted by atomic mass is 19.1. The second-order valence-corrected chi connectivity index (χ2v) is 8.43. The zero-order valence-electron chi connectivity index (χ0n) is 15.6. The smallest absolute Gasteiger partial charge is 0.100 e. The van der Waals surface area contributed by atoms with Crippen molar-refractivity contribution in [1.82, 2.24) is 4.98 Å². The van der Waals surface area contributed by atoms with Crippen LogP contribution in [0.25, 0.3) is 0 Å². The molecule has 0 bridgehead atoms. The Labute approximate surface area is 151 Å². The summed E-state index contributed by atoms with van der Waals surface area (Å²) in [5.41, 5.74) is 1.37. The van der Waals surface area contributed by atoms with Gasteiger partial charge < -0.3 is 0 Å². The lowest BCUT2D eigenvalue weighted by Crippen LogP contribution is -2.42. The molecular weight excluding hydrogens is 316 g/mol. The van der Waals surface area contributed by atoms with Gasteiger partial charge in [-0.3, -0.25) is 4.98 Å². The van der Waals surface area contributed by atoms with E-state index in [1.54, 1.807) is 0 Å². The van der Waals surface area contributed by atoms with Crippen LogP contribution in [0.1, 0.15) is 76.8 Å². The third kappa shape index (κ3) is 4.60. The van der Waals surface area contributed by atoms with Crippen LogP contribution >= 0.6 is 0 Å². The van der Waals surface area contributed by atoms with E-state index in [0.717, 1.165) is 44.2 Å². The van der Waals surface area contributed by atoms with Crippen molar-refractivity contribution in [3.8, 4) is 0 Å². The minimum absolute atomic E-state index is 0.225. The van der Waals surface area contributed by atoms with E-state index in [1.165, 1.54) is 6.42 Å².